The largest absolute Gasteiger partial charge is 0.507 e. The van der Waals surface area contributed by atoms with Crippen LogP contribution in [0, 0.1) is 17.3 Å². The van der Waals surface area contributed by atoms with Gasteiger partial charge in [-0.2, -0.15) is 0 Å². The van der Waals surface area contributed by atoms with E-state index in [1.54, 1.807) is 0 Å². The first-order valence-corrected chi connectivity index (χ1v) is 18.7. The Labute approximate surface area is 299 Å². The summed E-state index contributed by atoms with van der Waals surface area (Å²) in [5.41, 5.74) is 2.34. The molecule has 3 rings (SSSR count). The highest BCUT2D eigenvalue weighted by molar-refractivity contribution is 5.90. The fourth-order valence-corrected chi connectivity index (χ4v) is 10.1. The average Bonchev–Trinajstić information content (AvgIpc) is 2.92. The van der Waals surface area contributed by atoms with E-state index in [0.717, 1.165) is 49.7 Å². The van der Waals surface area contributed by atoms with Gasteiger partial charge in [0.15, 0.2) is 0 Å². The Morgan fingerprint density at radius 2 is 1.20 bits per heavy atom. The summed E-state index contributed by atoms with van der Waals surface area (Å²) >= 11 is 0. The SMILES string of the molecule is CN1C(C)(C)CCC(C(CCCOC(=O)CC(=O)O)(Cc2cc(C(C)(C)C)c(O)c(C(C)(C)C)c2)C2CCC(C)(C)N(C)C2(C)C)C1(C)C. The number of hydrogen-bond acceptors (Lipinski definition) is 6. The molecule has 2 unspecified atom stereocenters. The van der Waals surface area contributed by atoms with Gasteiger partial charge in [-0.15, -0.1) is 0 Å². The first-order chi connectivity index (χ1) is 22.0. The molecule has 2 aliphatic rings. The number of hydrogen-bond donors (Lipinski definition) is 2. The van der Waals surface area contributed by atoms with Crippen molar-refractivity contribution < 1.29 is 24.5 Å². The molecule has 2 atom stereocenters. The second-order valence-electron chi connectivity index (χ2n) is 20.1. The van der Waals surface area contributed by atoms with Crippen LogP contribution >= 0.6 is 0 Å². The van der Waals surface area contributed by atoms with Crippen molar-refractivity contribution in [1.29, 1.82) is 0 Å². The molecule has 2 aliphatic heterocycles. The molecule has 7 nitrogen and oxygen atoms in total. The van der Waals surface area contributed by atoms with Gasteiger partial charge in [-0.05, 0) is 159 Å². The maximum atomic E-state index is 12.4. The zero-order chi connectivity index (χ0) is 37.8. The van der Waals surface area contributed by atoms with Crippen molar-refractivity contribution in [2.24, 2.45) is 17.3 Å². The molecule has 0 aromatic heterocycles. The van der Waals surface area contributed by atoms with Gasteiger partial charge < -0.3 is 14.9 Å². The lowest BCUT2D eigenvalue weighted by molar-refractivity contribution is -0.165. The molecule has 0 saturated carbocycles. The highest BCUT2D eigenvalue weighted by atomic mass is 16.5. The van der Waals surface area contributed by atoms with Crippen LogP contribution in [0.1, 0.15) is 159 Å². The molecule has 2 saturated heterocycles. The number of carbonyl (C=O) groups excluding carboxylic acids is 1. The number of phenols is 1. The van der Waals surface area contributed by atoms with Crippen molar-refractivity contribution >= 4 is 11.9 Å². The Balaban J connectivity index is 2.36. The predicted octanol–water partition coefficient (Wildman–Crippen LogP) is 9.11. The van der Waals surface area contributed by atoms with Crippen LogP contribution in [0.2, 0.25) is 0 Å². The van der Waals surface area contributed by atoms with Crippen molar-refractivity contribution in [3.05, 3.63) is 28.8 Å². The standard InChI is InChI=1S/C42H72N2O5/c1-36(2,3)29-24-28(25-30(35(29)48)37(4,5)6)27-42(20-17-23-49-34(47)26-33(45)46,31-18-21-38(7,8)43(15)40(31,11)12)32-19-22-39(9,10)44(16)41(32,13)14/h24-25,31-32,48H,17-23,26-27H2,1-16H3,(H,45,46). The lowest BCUT2D eigenvalue weighted by atomic mass is 9.48. The molecule has 0 amide bonds. The minimum absolute atomic E-state index is 0.0519. The van der Waals surface area contributed by atoms with Crippen LogP contribution in [-0.4, -0.2) is 74.8 Å². The zero-order valence-corrected chi connectivity index (χ0v) is 34.2. The van der Waals surface area contributed by atoms with Gasteiger partial charge in [0.2, 0.25) is 0 Å². The summed E-state index contributed by atoms with van der Waals surface area (Å²) in [7, 11) is 4.59. The number of aromatic hydroxyl groups is 1. The molecular formula is C42H72N2O5. The number of esters is 1. The monoisotopic (exact) mass is 685 g/mol. The summed E-state index contributed by atoms with van der Waals surface area (Å²) in [5.74, 6) is -0.813. The molecule has 0 spiro atoms. The summed E-state index contributed by atoms with van der Waals surface area (Å²) in [6.45, 7) is 32.5. The van der Waals surface area contributed by atoms with Crippen molar-refractivity contribution in [3.63, 3.8) is 0 Å². The Morgan fingerprint density at radius 3 is 1.57 bits per heavy atom. The number of carboxylic acid groups (broad SMARTS) is 1. The minimum atomic E-state index is -1.17. The molecule has 1 aromatic rings. The summed E-state index contributed by atoms with van der Waals surface area (Å²) < 4.78 is 5.56. The number of ether oxygens (including phenoxy) is 1. The highest BCUT2D eigenvalue weighted by Gasteiger charge is 2.61. The van der Waals surface area contributed by atoms with Gasteiger partial charge in [-0.3, -0.25) is 19.4 Å². The lowest BCUT2D eigenvalue weighted by Gasteiger charge is -2.67. The van der Waals surface area contributed by atoms with Gasteiger partial charge in [0.1, 0.15) is 12.2 Å². The second kappa shape index (κ2) is 13.8. The number of aliphatic carboxylic acids is 1. The molecule has 0 aliphatic carbocycles. The van der Waals surface area contributed by atoms with E-state index in [4.69, 9.17) is 4.74 Å². The summed E-state index contributed by atoms with van der Waals surface area (Å²) in [6.07, 6.45) is 6.05. The highest BCUT2D eigenvalue weighted by Crippen LogP contribution is 2.61. The van der Waals surface area contributed by atoms with Crippen LogP contribution in [0.15, 0.2) is 12.1 Å². The van der Waals surface area contributed by atoms with E-state index in [0.29, 0.717) is 24.0 Å². The van der Waals surface area contributed by atoms with E-state index in [1.807, 2.05) is 0 Å². The van der Waals surface area contributed by atoms with Crippen molar-refractivity contribution in [2.75, 3.05) is 20.7 Å². The van der Waals surface area contributed by atoms with Crippen LogP contribution in [0.4, 0.5) is 0 Å². The number of likely N-dealkylation sites (tertiary alicyclic amines) is 2. The lowest BCUT2D eigenvalue weighted by Crippen LogP contribution is -2.70. The number of carbonyl (C=O) groups is 2. The van der Waals surface area contributed by atoms with Crippen LogP contribution in [-0.2, 0) is 31.6 Å². The fraction of sp³-hybridized carbons (Fsp3) is 0.810. The van der Waals surface area contributed by atoms with Crippen molar-refractivity contribution in [2.45, 2.75) is 181 Å². The van der Waals surface area contributed by atoms with Gasteiger partial charge in [0.25, 0.3) is 0 Å². The van der Waals surface area contributed by atoms with Gasteiger partial charge in [-0.25, -0.2) is 0 Å². The van der Waals surface area contributed by atoms with Gasteiger partial charge in [-0.1, -0.05) is 53.7 Å². The van der Waals surface area contributed by atoms with E-state index in [2.05, 4.69) is 133 Å². The molecule has 49 heavy (non-hydrogen) atoms. The zero-order valence-electron chi connectivity index (χ0n) is 34.2. The van der Waals surface area contributed by atoms with Gasteiger partial charge in [0.05, 0.1) is 6.61 Å². The molecule has 1 aromatic carbocycles. The van der Waals surface area contributed by atoms with Crippen LogP contribution in [0.3, 0.4) is 0 Å². The van der Waals surface area contributed by atoms with E-state index < -0.39 is 18.4 Å². The number of benzene rings is 1. The molecular weight excluding hydrogens is 612 g/mol. The Morgan fingerprint density at radius 1 is 0.796 bits per heavy atom. The normalized spacial score (nSPS) is 25.4. The van der Waals surface area contributed by atoms with E-state index in [9.17, 15) is 19.8 Å². The number of nitrogens with zero attached hydrogens (tertiary/aromatic N) is 2. The third-order valence-electron chi connectivity index (χ3n) is 13.4. The first-order valence-electron chi connectivity index (χ1n) is 18.7. The molecule has 2 N–H and O–H groups in total. The maximum Gasteiger partial charge on any atom is 0.317 e. The number of carboxylic acids is 1. The minimum Gasteiger partial charge on any atom is -0.507 e. The van der Waals surface area contributed by atoms with Crippen molar-refractivity contribution in [1.82, 2.24) is 9.80 Å². The van der Waals surface area contributed by atoms with E-state index in [-0.39, 0.29) is 45.0 Å². The third kappa shape index (κ3) is 8.35. The Hall–Kier alpha value is -2.12. The quantitative estimate of drug-likeness (QED) is 0.144. The third-order valence-corrected chi connectivity index (χ3v) is 13.4. The molecule has 0 radical (unpaired) electrons. The summed E-state index contributed by atoms with van der Waals surface area (Å²) in [5, 5.41) is 20.9. The van der Waals surface area contributed by atoms with Crippen molar-refractivity contribution in [3.8, 4) is 5.75 Å². The summed E-state index contributed by atoms with van der Waals surface area (Å²) in [6, 6.07) is 4.55. The predicted molar refractivity (Wildman–Crippen MR) is 201 cm³/mol. The molecule has 280 valence electrons. The van der Waals surface area contributed by atoms with E-state index in [1.165, 1.54) is 5.56 Å². The smallest absolute Gasteiger partial charge is 0.317 e. The van der Waals surface area contributed by atoms with Gasteiger partial charge >= 0.3 is 11.9 Å². The Kier molecular flexibility index (Phi) is 11.6. The van der Waals surface area contributed by atoms with E-state index >= 15 is 0 Å². The molecule has 7 heteroatoms. The van der Waals surface area contributed by atoms with Crippen LogP contribution in [0.25, 0.3) is 0 Å². The maximum absolute atomic E-state index is 12.4. The second-order valence-corrected chi connectivity index (χ2v) is 20.1. The number of phenolic OH excluding ortho intramolecular Hbond substituents is 1. The van der Waals surface area contributed by atoms with Gasteiger partial charge in [0, 0.05) is 22.2 Å². The first kappa shape index (κ1) is 41.3. The molecule has 2 fully saturated rings. The van der Waals surface area contributed by atoms with Crippen LogP contribution in [0.5, 0.6) is 5.75 Å². The summed E-state index contributed by atoms with van der Waals surface area (Å²) in [4.78, 5) is 28.8. The van der Waals surface area contributed by atoms with Crippen LogP contribution < -0.4 is 0 Å². The molecule has 0 bridgehead atoms. The fourth-order valence-electron chi connectivity index (χ4n) is 10.1. The number of piperidine rings is 2. The topological polar surface area (TPSA) is 90.3 Å². The number of rotatable bonds is 10. The molecule has 2 heterocycles. The average molecular weight is 685 g/mol. The Bertz CT molecular complexity index is 1280.